The first-order chi connectivity index (χ1) is 23.9. The molecule has 4 heterocycles. The molecule has 4 aliphatic heterocycles. The lowest BCUT2D eigenvalue weighted by Crippen LogP contribution is -2.60. The van der Waals surface area contributed by atoms with Gasteiger partial charge in [-0.3, -0.25) is 0 Å². The van der Waals surface area contributed by atoms with Crippen LogP contribution in [0.2, 0.25) is 0 Å². The van der Waals surface area contributed by atoms with E-state index in [-0.39, 0.29) is 46.2 Å². The first-order valence-electron chi connectivity index (χ1n) is 16.8. The second-order valence-corrected chi connectivity index (χ2v) is 13.3. The number of hydrogen-bond acceptors (Lipinski definition) is 20. The summed E-state index contributed by atoms with van der Waals surface area (Å²) in [6.45, 7) is -3.99. The molecule has 0 spiro atoms. The number of hydrogen-bond donors (Lipinski definition) is 13. The van der Waals surface area contributed by atoms with Crippen LogP contribution in [0.4, 0.5) is 0 Å². The van der Waals surface area contributed by atoms with Crippen molar-refractivity contribution in [3.8, 4) is 0 Å². The lowest BCUT2D eigenvalue weighted by Gasteiger charge is -2.44. The molecule has 0 aromatic heterocycles. The maximum atomic E-state index is 10.9. The quantitative estimate of drug-likeness (QED) is 0.0700. The maximum absolute atomic E-state index is 10.9. The molecule has 0 aromatic rings. The molecule has 8 unspecified atom stereocenters. The Labute approximate surface area is 287 Å². The van der Waals surface area contributed by atoms with Crippen LogP contribution in [0.15, 0.2) is 0 Å². The molecule has 294 valence electrons. The first-order valence-corrected chi connectivity index (χ1v) is 16.8. The van der Waals surface area contributed by atoms with Gasteiger partial charge in [-0.2, -0.15) is 0 Å². The second-order valence-electron chi connectivity index (χ2n) is 13.3. The molecule has 19 atom stereocenters. The lowest BCUT2D eigenvalue weighted by atomic mass is 9.87. The third kappa shape index (κ3) is 9.65. The first kappa shape index (κ1) is 41.9. The minimum Gasteiger partial charge on any atom is -0.394 e. The van der Waals surface area contributed by atoms with Crippen LogP contribution in [0, 0.1) is 17.8 Å². The van der Waals surface area contributed by atoms with Gasteiger partial charge in [0.15, 0.2) is 0 Å². The van der Waals surface area contributed by atoms with Crippen LogP contribution in [0.5, 0.6) is 0 Å². The molecule has 50 heavy (non-hydrogen) atoms. The van der Waals surface area contributed by atoms with Crippen LogP contribution < -0.4 is 0 Å². The molecular weight excluding hydrogens is 680 g/mol. The van der Waals surface area contributed by atoms with Crippen LogP contribution in [0.3, 0.4) is 0 Å². The second kappa shape index (κ2) is 19.5. The van der Waals surface area contributed by atoms with Gasteiger partial charge in [0.05, 0.1) is 109 Å². The SMILES string of the molecule is OCC1O[C@H](COC[C@@H]2C(CO)O[C@H](COC[C@@H]3C(CO)O[C@H](COC[C@@H]4C(CO)OCC(O)[C@@H]4O)C(O)[C@@H]3O)C(O)[C@@H]2O)C(O)[C@H](O)[C@@H]1O. The zero-order valence-corrected chi connectivity index (χ0v) is 27.4. The molecule has 13 N–H and O–H groups in total. The van der Waals surface area contributed by atoms with Gasteiger partial charge in [0.1, 0.15) is 61.0 Å². The highest BCUT2D eigenvalue weighted by molar-refractivity contribution is 4.95. The van der Waals surface area contributed by atoms with E-state index in [0.717, 1.165) is 0 Å². The molecule has 20 heteroatoms. The van der Waals surface area contributed by atoms with E-state index in [0.29, 0.717) is 0 Å². The Morgan fingerprint density at radius 1 is 0.360 bits per heavy atom. The zero-order valence-electron chi connectivity index (χ0n) is 27.4. The van der Waals surface area contributed by atoms with Gasteiger partial charge >= 0.3 is 0 Å². The van der Waals surface area contributed by atoms with E-state index in [1.165, 1.54) is 0 Å². The van der Waals surface area contributed by atoms with Crippen molar-refractivity contribution in [1.29, 1.82) is 0 Å². The minimum atomic E-state index is -1.60. The van der Waals surface area contributed by atoms with Gasteiger partial charge < -0.3 is 99.5 Å². The normalized spacial score (nSPS) is 47.3. The molecule has 0 aromatic carbocycles. The number of aliphatic hydroxyl groups is 13. The van der Waals surface area contributed by atoms with E-state index in [4.69, 9.17) is 33.2 Å². The van der Waals surface area contributed by atoms with Crippen molar-refractivity contribution in [2.24, 2.45) is 17.8 Å². The molecule has 0 bridgehead atoms. The highest BCUT2D eigenvalue weighted by atomic mass is 16.6. The average Bonchev–Trinajstić information content (AvgIpc) is 3.11. The third-order valence-corrected chi connectivity index (χ3v) is 10.1. The Morgan fingerprint density at radius 2 is 0.700 bits per heavy atom. The molecule has 4 aliphatic rings. The van der Waals surface area contributed by atoms with Crippen LogP contribution in [0.25, 0.3) is 0 Å². The largest absolute Gasteiger partial charge is 0.394 e. The van der Waals surface area contributed by atoms with Crippen molar-refractivity contribution < 1.29 is 99.5 Å². The molecule has 20 nitrogen and oxygen atoms in total. The molecule has 4 rings (SSSR count). The minimum absolute atomic E-state index is 0.151. The Morgan fingerprint density at radius 3 is 1.10 bits per heavy atom. The highest BCUT2D eigenvalue weighted by Crippen LogP contribution is 2.31. The van der Waals surface area contributed by atoms with Crippen molar-refractivity contribution >= 4 is 0 Å². The predicted octanol–water partition coefficient (Wildman–Crippen LogP) is -8.20. The van der Waals surface area contributed by atoms with E-state index in [1.807, 2.05) is 0 Å². The summed E-state index contributed by atoms with van der Waals surface area (Å²) in [6.07, 6.45) is -20.4. The van der Waals surface area contributed by atoms with Crippen molar-refractivity contribution in [3.63, 3.8) is 0 Å². The van der Waals surface area contributed by atoms with Gasteiger partial charge in [0.25, 0.3) is 0 Å². The molecule has 0 saturated carbocycles. The van der Waals surface area contributed by atoms with E-state index in [1.54, 1.807) is 0 Å². The van der Waals surface area contributed by atoms with Crippen molar-refractivity contribution in [2.75, 3.05) is 72.7 Å². The van der Waals surface area contributed by atoms with Crippen molar-refractivity contribution in [1.82, 2.24) is 0 Å². The summed E-state index contributed by atoms with van der Waals surface area (Å²) >= 11 is 0. The van der Waals surface area contributed by atoms with E-state index in [9.17, 15) is 66.4 Å². The summed E-state index contributed by atoms with van der Waals surface area (Å²) in [5.74, 6) is -2.67. The maximum Gasteiger partial charge on any atom is 0.111 e. The fourth-order valence-corrected chi connectivity index (χ4v) is 6.86. The topological polar surface area (TPSA) is 328 Å². The van der Waals surface area contributed by atoms with E-state index in [2.05, 4.69) is 0 Å². The third-order valence-electron chi connectivity index (χ3n) is 10.1. The lowest BCUT2D eigenvalue weighted by molar-refractivity contribution is -0.252. The summed E-state index contributed by atoms with van der Waals surface area (Å²) < 4.78 is 39.0. The van der Waals surface area contributed by atoms with Gasteiger partial charge in [-0.15, -0.1) is 0 Å². The van der Waals surface area contributed by atoms with Crippen molar-refractivity contribution in [2.45, 2.75) is 97.7 Å². The molecule has 0 aliphatic carbocycles. The fourth-order valence-electron chi connectivity index (χ4n) is 6.86. The van der Waals surface area contributed by atoms with Gasteiger partial charge in [0, 0.05) is 17.8 Å². The molecule has 0 amide bonds. The van der Waals surface area contributed by atoms with Gasteiger partial charge in [-0.05, 0) is 0 Å². The summed E-state index contributed by atoms with van der Waals surface area (Å²) in [5.41, 5.74) is 0. The Bertz CT molecular complexity index is 975. The molecule has 0 radical (unpaired) electrons. The van der Waals surface area contributed by atoms with Crippen LogP contribution in [-0.4, -0.2) is 237 Å². The number of aliphatic hydroxyl groups excluding tert-OH is 13. The van der Waals surface area contributed by atoms with Crippen LogP contribution >= 0.6 is 0 Å². The smallest absolute Gasteiger partial charge is 0.111 e. The molecule has 4 fully saturated rings. The number of ether oxygens (including phenoxy) is 7. The van der Waals surface area contributed by atoms with Crippen LogP contribution in [0.1, 0.15) is 0 Å². The molecular formula is C30H54O20. The van der Waals surface area contributed by atoms with Gasteiger partial charge in [0.2, 0.25) is 0 Å². The standard InChI is InChI=1S/C30H54O20/c31-1-16-12(23(36)15(35)8-47-16)5-44-9-20-27(40)24(37)13(17(2-32)48-20)6-45-10-21-28(41)25(38)14(18(3-33)49-21)7-46-11-22-29(42)30(43)26(39)19(4-34)50-22/h12-43H,1-11H2/t12-,13-,14-,15?,16?,17?,18?,19?,20-,21-,22-,23-,24-,25-,26-,27?,28?,29?,30-/m1/s1. The van der Waals surface area contributed by atoms with Gasteiger partial charge in [-0.25, -0.2) is 0 Å². The summed E-state index contributed by atoms with van der Waals surface area (Å²) in [4.78, 5) is 0. The average molecular weight is 735 g/mol. The Kier molecular flexibility index (Phi) is 16.4. The van der Waals surface area contributed by atoms with E-state index < -0.39 is 142 Å². The Hall–Kier alpha value is -0.800. The van der Waals surface area contributed by atoms with Crippen LogP contribution in [-0.2, 0) is 33.2 Å². The predicted molar refractivity (Wildman–Crippen MR) is 161 cm³/mol. The highest BCUT2D eigenvalue weighted by Gasteiger charge is 2.48. The monoisotopic (exact) mass is 734 g/mol. The molecule has 4 saturated heterocycles. The number of rotatable bonds is 16. The summed E-state index contributed by atoms with van der Waals surface area (Å²) in [7, 11) is 0. The van der Waals surface area contributed by atoms with Gasteiger partial charge in [-0.1, -0.05) is 0 Å². The summed E-state index contributed by atoms with van der Waals surface area (Å²) in [5, 5.41) is 132. The van der Waals surface area contributed by atoms with Crippen molar-refractivity contribution in [3.05, 3.63) is 0 Å². The van der Waals surface area contributed by atoms with E-state index >= 15 is 0 Å². The fraction of sp³-hybridized carbons (Fsp3) is 1.00. The summed E-state index contributed by atoms with van der Waals surface area (Å²) in [6, 6.07) is 0. The zero-order chi connectivity index (χ0) is 36.7. The Balaban J connectivity index is 1.23.